The van der Waals surface area contributed by atoms with Crippen molar-refractivity contribution in [1.82, 2.24) is 19.7 Å². The smallest absolute Gasteiger partial charge is 0.313 e. The van der Waals surface area contributed by atoms with Crippen molar-refractivity contribution in [2.45, 2.75) is 44.3 Å². The van der Waals surface area contributed by atoms with E-state index in [1.165, 1.54) is 24.6 Å². The fourth-order valence-corrected chi connectivity index (χ4v) is 3.11. The molecule has 1 N–H and O–H groups in total. The number of carboxylic acid groups (broad SMARTS) is 1. The molecular weight excluding hydrogens is 276 g/mol. The molecule has 0 aliphatic carbocycles. The van der Waals surface area contributed by atoms with Crippen molar-refractivity contribution >= 4 is 17.7 Å². The molecule has 1 saturated heterocycles. The second-order valence-electron chi connectivity index (χ2n) is 5.38. The van der Waals surface area contributed by atoms with Gasteiger partial charge < -0.3 is 14.6 Å². The average molecular weight is 298 g/mol. The lowest BCUT2D eigenvalue weighted by atomic mass is 10.2. The van der Waals surface area contributed by atoms with Gasteiger partial charge in [-0.15, -0.1) is 10.2 Å². The molecule has 6 nitrogen and oxygen atoms in total. The molecule has 0 unspecified atom stereocenters. The highest BCUT2D eigenvalue weighted by Gasteiger charge is 2.18. The summed E-state index contributed by atoms with van der Waals surface area (Å²) in [5.74, 6) is 0.437. The van der Waals surface area contributed by atoms with Crippen LogP contribution in [0, 0.1) is 0 Å². The lowest BCUT2D eigenvalue weighted by Crippen LogP contribution is -2.25. The van der Waals surface area contributed by atoms with Crippen LogP contribution in [0.15, 0.2) is 5.16 Å². The molecule has 7 heteroatoms. The molecule has 1 aliphatic rings. The number of nitrogens with zero attached hydrogens (tertiary/aromatic N) is 4. The van der Waals surface area contributed by atoms with E-state index in [1.807, 2.05) is 0 Å². The van der Waals surface area contributed by atoms with Gasteiger partial charge in [-0.05, 0) is 25.9 Å². The van der Waals surface area contributed by atoms with Crippen molar-refractivity contribution in [2.24, 2.45) is 0 Å². The SMILES string of the molecule is CC(C)c1nnc(SCC(=O)O)n1CCN1CCCC1. The Balaban J connectivity index is 2.04. The van der Waals surface area contributed by atoms with Gasteiger partial charge in [-0.1, -0.05) is 25.6 Å². The summed E-state index contributed by atoms with van der Waals surface area (Å²) in [6, 6.07) is 0. The second kappa shape index (κ2) is 7.08. The van der Waals surface area contributed by atoms with Gasteiger partial charge in [0, 0.05) is 19.0 Å². The predicted molar refractivity (Wildman–Crippen MR) is 78.1 cm³/mol. The Morgan fingerprint density at radius 3 is 2.60 bits per heavy atom. The third kappa shape index (κ3) is 3.96. The number of rotatable bonds is 7. The first-order chi connectivity index (χ1) is 9.58. The molecule has 0 bridgehead atoms. The highest BCUT2D eigenvalue weighted by atomic mass is 32.2. The Labute approximate surface area is 123 Å². The van der Waals surface area contributed by atoms with Gasteiger partial charge in [0.25, 0.3) is 0 Å². The number of thioether (sulfide) groups is 1. The normalized spacial score (nSPS) is 16.1. The number of hydrogen-bond acceptors (Lipinski definition) is 5. The molecule has 2 heterocycles. The van der Waals surface area contributed by atoms with E-state index < -0.39 is 5.97 Å². The van der Waals surface area contributed by atoms with Crippen LogP contribution in [-0.4, -0.2) is 56.1 Å². The first kappa shape index (κ1) is 15.3. The number of carboxylic acids is 1. The maximum atomic E-state index is 10.7. The van der Waals surface area contributed by atoms with Crippen LogP contribution in [0.5, 0.6) is 0 Å². The van der Waals surface area contributed by atoms with Crippen LogP contribution in [0.3, 0.4) is 0 Å². The van der Waals surface area contributed by atoms with Gasteiger partial charge in [-0.3, -0.25) is 4.79 Å². The fraction of sp³-hybridized carbons (Fsp3) is 0.769. The van der Waals surface area contributed by atoms with Crippen molar-refractivity contribution in [3.63, 3.8) is 0 Å². The summed E-state index contributed by atoms with van der Waals surface area (Å²) in [5, 5.41) is 17.9. The summed E-state index contributed by atoms with van der Waals surface area (Å²) in [5.41, 5.74) is 0. The monoisotopic (exact) mass is 298 g/mol. The maximum Gasteiger partial charge on any atom is 0.313 e. The number of aliphatic carboxylic acids is 1. The van der Waals surface area contributed by atoms with Crippen LogP contribution in [-0.2, 0) is 11.3 Å². The van der Waals surface area contributed by atoms with Gasteiger partial charge in [0.2, 0.25) is 0 Å². The molecular formula is C13H22N4O2S. The molecule has 1 aliphatic heterocycles. The largest absolute Gasteiger partial charge is 0.481 e. The van der Waals surface area contributed by atoms with Crippen molar-refractivity contribution in [3.8, 4) is 0 Å². The zero-order chi connectivity index (χ0) is 14.5. The molecule has 0 radical (unpaired) electrons. The summed E-state index contributed by atoms with van der Waals surface area (Å²) >= 11 is 1.25. The van der Waals surface area contributed by atoms with Crippen molar-refractivity contribution in [1.29, 1.82) is 0 Å². The second-order valence-corrected chi connectivity index (χ2v) is 6.32. The van der Waals surface area contributed by atoms with Gasteiger partial charge in [0.15, 0.2) is 5.16 Å². The third-order valence-corrected chi connectivity index (χ3v) is 4.38. The Bertz CT molecular complexity index is 455. The first-order valence-corrected chi connectivity index (χ1v) is 8.06. The van der Waals surface area contributed by atoms with E-state index in [1.54, 1.807) is 0 Å². The standard InChI is InChI=1S/C13H22N4O2S/c1-10(2)12-14-15-13(20-9-11(18)19)17(12)8-7-16-5-3-4-6-16/h10H,3-9H2,1-2H3,(H,18,19). The highest BCUT2D eigenvalue weighted by Crippen LogP contribution is 2.21. The summed E-state index contributed by atoms with van der Waals surface area (Å²) in [6.07, 6.45) is 2.56. The lowest BCUT2D eigenvalue weighted by molar-refractivity contribution is -0.133. The van der Waals surface area contributed by atoms with Crippen molar-refractivity contribution < 1.29 is 9.90 Å². The first-order valence-electron chi connectivity index (χ1n) is 7.08. The van der Waals surface area contributed by atoms with Crippen LogP contribution < -0.4 is 0 Å². The zero-order valence-corrected chi connectivity index (χ0v) is 12.9. The number of likely N-dealkylation sites (tertiary alicyclic amines) is 1. The molecule has 0 aromatic carbocycles. The Morgan fingerprint density at radius 1 is 1.30 bits per heavy atom. The van der Waals surface area contributed by atoms with E-state index in [0.29, 0.717) is 5.92 Å². The van der Waals surface area contributed by atoms with E-state index >= 15 is 0 Å². The summed E-state index contributed by atoms with van der Waals surface area (Å²) in [6.45, 7) is 8.32. The van der Waals surface area contributed by atoms with Crippen LogP contribution in [0.4, 0.5) is 0 Å². The Hall–Kier alpha value is -1.08. The molecule has 112 valence electrons. The van der Waals surface area contributed by atoms with E-state index in [0.717, 1.165) is 37.2 Å². The quantitative estimate of drug-likeness (QED) is 0.772. The van der Waals surface area contributed by atoms with E-state index in [4.69, 9.17) is 5.11 Å². The maximum absolute atomic E-state index is 10.7. The number of carbonyl (C=O) groups is 1. The highest BCUT2D eigenvalue weighted by molar-refractivity contribution is 7.99. The number of hydrogen-bond donors (Lipinski definition) is 1. The predicted octanol–water partition coefficient (Wildman–Crippen LogP) is 1.67. The minimum Gasteiger partial charge on any atom is -0.481 e. The minimum atomic E-state index is -0.824. The topological polar surface area (TPSA) is 71.2 Å². The average Bonchev–Trinajstić information content (AvgIpc) is 3.03. The van der Waals surface area contributed by atoms with Gasteiger partial charge in [-0.2, -0.15) is 0 Å². The Morgan fingerprint density at radius 2 is 2.00 bits per heavy atom. The number of aromatic nitrogens is 3. The summed E-state index contributed by atoms with van der Waals surface area (Å²) in [7, 11) is 0. The van der Waals surface area contributed by atoms with Crippen LogP contribution >= 0.6 is 11.8 Å². The fourth-order valence-electron chi connectivity index (χ4n) is 2.42. The van der Waals surface area contributed by atoms with Crippen molar-refractivity contribution in [2.75, 3.05) is 25.4 Å². The lowest BCUT2D eigenvalue weighted by Gasteiger charge is -2.17. The molecule has 20 heavy (non-hydrogen) atoms. The van der Waals surface area contributed by atoms with Gasteiger partial charge >= 0.3 is 5.97 Å². The minimum absolute atomic E-state index is 0.0277. The Kier molecular flexibility index (Phi) is 5.42. The van der Waals surface area contributed by atoms with Crippen molar-refractivity contribution in [3.05, 3.63) is 5.82 Å². The van der Waals surface area contributed by atoms with E-state index in [2.05, 4.69) is 33.5 Å². The van der Waals surface area contributed by atoms with E-state index in [-0.39, 0.29) is 5.75 Å². The molecule has 1 aromatic rings. The molecule has 0 amide bonds. The third-order valence-electron chi connectivity index (χ3n) is 3.43. The molecule has 0 atom stereocenters. The summed E-state index contributed by atoms with van der Waals surface area (Å²) < 4.78 is 2.08. The summed E-state index contributed by atoms with van der Waals surface area (Å²) in [4.78, 5) is 13.1. The molecule has 1 fully saturated rings. The van der Waals surface area contributed by atoms with E-state index in [9.17, 15) is 4.79 Å². The van der Waals surface area contributed by atoms with Gasteiger partial charge in [0.1, 0.15) is 5.82 Å². The van der Waals surface area contributed by atoms with Crippen LogP contribution in [0.25, 0.3) is 0 Å². The van der Waals surface area contributed by atoms with Crippen LogP contribution in [0.1, 0.15) is 38.4 Å². The zero-order valence-electron chi connectivity index (χ0n) is 12.1. The van der Waals surface area contributed by atoms with Gasteiger partial charge in [-0.25, -0.2) is 0 Å². The van der Waals surface area contributed by atoms with Gasteiger partial charge in [0.05, 0.1) is 5.75 Å². The molecule has 0 saturated carbocycles. The molecule has 1 aromatic heterocycles. The molecule has 0 spiro atoms. The van der Waals surface area contributed by atoms with Crippen LogP contribution in [0.2, 0.25) is 0 Å². The molecule has 2 rings (SSSR count).